The molecule has 0 saturated carbocycles. The van der Waals surface area contributed by atoms with E-state index in [1.807, 2.05) is 0 Å². The van der Waals surface area contributed by atoms with Crippen LogP contribution in [0.15, 0.2) is 0 Å². The van der Waals surface area contributed by atoms with Crippen LogP contribution in [0.2, 0.25) is 0 Å². The molecule has 0 radical (unpaired) electrons. The fourth-order valence-corrected chi connectivity index (χ4v) is 0.256. The Labute approximate surface area is 111 Å². The molecule has 0 aliphatic heterocycles. The van der Waals surface area contributed by atoms with Gasteiger partial charge in [-0.05, 0) is 0 Å². The van der Waals surface area contributed by atoms with Crippen molar-refractivity contribution in [2.24, 2.45) is 0 Å². The molecule has 0 heterocycles. The first-order chi connectivity index (χ1) is 6.34. The van der Waals surface area contributed by atoms with E-state index in [2.05, 4.69) is 9.47 Å². The van der Waals surface area contributed by atoms with Crippen LogP contribution in [0, 0.1) is 0 Å². The molecule has 9 nitrogen and oxygen atoms in total. The van der Waals surface area contributed by atoms with Gasteiger partial charge in [0.25, 0.3) is 0 Å². The molecule has 0 aromatic carbocycles. The van der Waals surface area contributed by atoms with E-state index in [9.17, 15) is 34.2 Å². The average molecular weight is 218 g/mol. The van der Waals surface area contributed by atoms with Gasteiger partial charge in [0.05, 0.1) is 0 Å². The summed E-state index contributed by atoms with van der Waals surface area (Å²) < 4.78 is 6.52. The van der Waals surface area contributed by atoms with Gasteiger partial charge in [0.2, 0.25) is 0 Å². The van der Waals surface area contributed by atoms with Crippen LogP contribution in [0.1, 0.15) is 0 Å². The van der Waals surface area contributed by atoms with Crippen molar-refractivity contribution >= 4 is 30.0 Å². The molecule has 0 aliphatic carbocycles. The van der Waals surface area contributed by atoms with Crippen molar-refractivity contribution in [2.45, 2.75) is 0 Å². The number of hydrogen-bond donors (Lipinski definition) is 0. The number of carbonyl (C=O) groups excluding carboxylic acids is 5. The molecule has 0 saturated heterocycles. The molecule has 0 aromatic rings. The fourth-order valence-electron chi connectivity index (χ4n) is 0.256. The predicted octanol–water partition coefficient (Wildman–Crippen LogP) is -10.3. The van der Waals surface area contributed by atoms with Crippen molar-refractivity contribution in [3.8, 4) is 0 Å². The van der Waals surface area contributed by atoms with E-state index >= 15 is 0 Å². The molecule has 0 rings (SSSR count). The molecule has 0 amide bonds. The third kappa shape index (κ3) is 8.09. The normalized spacial score (nSPS) is 7.50. The van der Waals surface area contributed by atoms with Gasteiger partial charge in [0, 0.05) is 0 Å². The van der Waals surface area contributed by atoms with Crippen molar-refractivity contribution in [1.82, 2.24) is 0 Å². The van der Waals surface area contributed by atoms with Crippen LogP contribution in [0.3, 0.4) is 0 Å². The molecular weight excluding hydrogens is 218 g/mol. The van der Waals surface area contributed by atoms with E-state index in [0.717, 1.165) is 0 Å². The molecule has 0 bridgehead atoms. The van der Waals surface area contributed by atoms with Gasteiger partial charge in [-0.25, -0.2) is 14.4 Å². The Balaban J connectivity index is -0.000000845. The molecule has 0 aromatic heterocycles. The fraction of sp³-hybridized carbons (Fsp3) is 0. The van der Waals surface area contributed by atoms with Gasteiger partial charge < -0.3 is 29.3 Å². The summed E-state index contributed by atoms with van der Waals surface area (Å²) in [7, 11) is 0. The van der Waals surface area contributed by atoms with Gasteiger partial charge in [-0.1, -0.05) is 0 Å². The summed E-state index contributed by atoms with van der Waals surface area (Å²) in [4.78, 5) is 49.6. The smallest absolute Gasteiger partial charge is 0.539 e. The summed E-state index contributed by atoms with van der Waals surface area (Å²) in [5.74, 6) is -8.96. The maximum absolute atomic E-state index is 10.2. The number of aliphatic carboxylic acids is 2. The molecule has 0 aliphatic rings. The quantitative estimate of drug-likeness (QED) is 0.167. The number of rotatable bonds is 0. The zero-order chi connectivity index (χ0) is 11.3. The molecule has 0 spiro atoms. The van der Waals surface area contributed by atoms with E-state index in [1.165, 1.54) is 0 Å². The van der Waals surface area contributed by atoms with Crippen LogP contribution >= 0.6 is 0 Å². The van der Waals surface area contributed by atoms with Crippen LogP contribution < -0.4 is 47.9 Å². The number of esters is 2. The number of carboxylic acids is 2. The first-order valence-electron chi connectivity index (χ1n) is 2.75. The van der Waals surface area contributed by atoms with Crippen molar-refractivity contribution < 1.29 is 81.4 Å². The van der Waals surface area contributed by atoms with Crippen molar-refractivity contribution in [3.63, 3.8) is 0 Å². The van der Waals surface area contributed by atoms with Crippen LogP contribution in [0.4, 0.5) is 4.79 Å². The maximum Gasteiger partial charge on any atom is 1.00 e. The second-order valence-electron chi connectivity index (χ2n) is 1.60. The van der Waals surface area contributed by atoms with E-state index in [-0.39, 0.29) is 37.7 Å². The Bertz CT molecular complexity index is 292. The summed E-state index contributed by atoms with van der Waals surface area (Å²) >= 11 is 0. The number of carbonyl (C=O) groups is 5. The molecule has 0 fully saturated rings. The van der Waals surface area contributed by atoms with Gasteiger partial charge >= 0.3 is 55.8 Å². The summed E-state index contributed by atoms with van der Waals surface area (Å²) in [5, 5.41) is 19.3. The van der Waals surface area contributed by atoms with Gasteiger partial charge in [0.15, 0.2) is 11.9 Å². The SMILES string of the molecule is O=C(OC(=O)C(=O)[O-])OC(=O)C(=O)[O-].[Li+].[Li+]. The Morgan fingerprint density at radius 3 is 1.12 bits per heavy atom. The van der Waals surface area contributed by atoms with Crippen molar-refractivity contribution in [2.75, 3.05) is 0 Å². The van der Waals surface area contributed by atoms with E-state index in [1.54, 1.807) is 0 Å². The summed E-state index contributed by atoms with van der Waals surface area (Å²) in [6, 6.07) is 0. The molecular formula is C5Li2O9. The molecule has 0 unspecified atom stereocenters. The van der Waals surface area contributed by atoms with Gasteiger partial charge in [0.1, 0.15) is 0 Å². The number of ether oxygens (including phenoxy) is 2. The molecule has 76 valence electrons. The topological polar surface area (TPSA) is 150 Å². The van der Waals surface area contributed by atoms with Crippen molar-refractivity contribution in [3.05, 3.63) is 0 Å². The third-order valence-electron chi connectivity index (χ3n) is 0.685. The summed E-state index contributed by atoms with van der Waals surface area (Å²) in [6.07, 6.45) is -2.10. The van der Waals surface area contributed by atoms with E-state index in [0.29, 0.717) is 0 Å². The van der Waals surface area contributed by atoms with E-state index in [4.69, 9.17) is 0 Å². The minimum absolute atomic E-state index is 0. The van der Waals surface area contributed by atoms with Gasteiger partial charge in [-0.15, -0.1) is 0 Å². The molecule has 11 heteroatoms. The Hall–Kier alpha value is -1.26. The van der Waals surface area contributed by atoms with E-state index < -0.39 is 30.0 Å². The van der Waals surface area contributed by atoms with Crippen LogP contribution in [-0.2, 0) is 28.7 Å². The third-order valence-corrected chi connectivity index (χ3v) is 0.685. The first kappa shape index (κ1) is 20.2. The first-order valence-corrected chi connectivity index (χ1v) is 2.75. The Kier molecular flexibility index (Phi) is 11.4. The number of hydrogen-bond acceptors (Lipinski definition) is 9. The standard InChI is InChI=1S/C5H2O9.2Li/c6-1(7)3(10)13-5(12)14-4(11)2(8)9;;/h(H,6,7)(H,8,9);;/q;2*+1/p-2. The minimum atomic E-state index is -2.36. The van der Waals surface area contributed by atoms with Crippen LogP contribution in [0.25, 0.3) is 0 Å². The van der Waals surface area contributed by atoms with Crippen LogP contribution in [0.5, 0.6) is 0 Å². The average Bonchev–Trinajstić information content (AvgIpc) is 2.03. The summed E-state index contributed by atoms with van der Waals surface area (Å²) in [5.41, 5.74) is 0. The minimum Gasteiger partial charge on any atom is -0.539 e. The van der Waals surface area contributed by atoms with Gasteiger partial charge in [-0.3, -0.25) is 0 Å². The molecule has 16 heavy (non-hydrogen) atoms. The number of carboxylic acid groups (broad SMARTS) is 2. The zero-order valence-electron chi connectivity index (χ0n) is 8.17. The second-order valence-corrected chi connectivity index (χ2v) is 1.60. The van der Waals surface area contributed by atoms with Crippen LogP contribution in [-0.4, -0.2) is 30.0 Å². The Morgan fingerprint density at radius 1 is 0.688 bits per heavy atom. The maximum atomic E-state index is 10.2. The molecule has 0 N–H and O–H groups in total. The van der Waals surface area contributed by atoms with Gasteiger partial charge in [-0.2, -0.15) is 0 Å². The Morgan fingerprint density at radius 2 is 0.938 bits per heavy atom. The zero-order valence-corrected chi connectivity index (χ0v) is 8.17. The second kappa shape index (κ2) is 9.01. The predicted molar refractivity (Wildman–Crippen MR) is 27.6 cm³/mol. The van der Waals surface area contributed by atoms with Crippen molar-refractivity contribution in [1.29, 1.82) is 0 Å². The largest absolute Gasteiger partial charge is 1.00 e. The molecule has 0 atom stereocenters. The summed E-state index contributed by atoms with van der Waals surface area (Å²) in [6.45, 7) is 0. The monoisotopic (exact) mass is 218 g/mol.